The van der Waals surface area contributed by atoms with Gasteiger partial charge in [-0.1, -0.05) is 12.1 Å². The van der Waals surface area contributed by atoms with Gasteiger partial charge in [0.1, 0.15) is 10.6 Å². The van der Waals surface area contributed by atoms with Crippen LogP contribution in [0.2, 0.25) is 0 Å². The maximum atomic E-state index is 12.6. The molecule has 6 nitrogen and oxygen atoms in total. The normalized spacial score (nSPS) is 17.3. The van der Waals surface area contributed by atoms with E-state index in [0.717, 1.165) is 25.9 Å². The Morgan fingerprint density at radius 1 is 1.22 bits per heavy atom. The van der Waals surface area contributed by atoms with Crippen molar-refractivity contribution in [3.05, 3.63) is 24.3 Å². The van der Waals surface area contributed by atoms with Crippen molar-refractivity contribution in [3.8, 4) is 5.75 Å². The molecule has 0 saturated carbocycles. The molecule has 0 aliphatic carbocycles. The molecule has 1 saturated heterocycles. The maximum absolute atomic E-state index is 12.6. The van der Waals surface area contributed by atoms with Crippen molar-refractivity contribution in [1.29, 1.82) is 0 Å². The molecular weight excluding hydrogens is 340 g/mol. The first-order valence-corrected chi connectivity index (χ1v) is 8.84. The first-order chi connectivity index (χ1) is 10.5. The van der Waals surface area contributed by atoms with E-state index in [1.54, 1.807) is 31.4 Å². The van der Waals surface area contributed by atoms with Gasteiger partial charge in [0.25, 0.3) is 0 Å². The van der Waals surface area contributed by atoms with Gasteiger partial charge < -0.3 is 14.8 Å². The van der Waals surface area contributed by atoms with Crippen molar-refractivity contribution in [2.45, 2.75) is 17.7 Å². The maximum Gasteiger partial charge on any atom is 0.244 e. The van der Waals surface area contributed by atoms with Crippen LogP contribution >= 0.6 is 12.4 Å². The average Bonchev–Trinajstić information content (AvgIpc) is 2.54. The summed E-state index contributed by atoms with van der Waals surface area (Å²) in [6.07, 6.45) is 1.77. The zero-order valence-corrected chi connectivity index (χ0v) is 15.1. The number of piperidine rings is 1. The van der Waals surface area contributed by atoms with Crippen LogP contribution in [0, 0.1) is 5.41 Å². The van der Waals surface area contributed by atoms with E-state index in [4.69, 9.17) is 9.47 Å². The van der Waals surface area contributed by atoms with Crippen molar-refractivity contribution < 1.29 is 17.9 Å². The molecule has 0 radical (unpaired) electrons. The van der Waals surface area contributed by atoms with Crippen LogP contribution in [0.25, 0.3) is 0 Å². The predicted molar refractivity (Wildman–Crippen MR) is 91.8 cm³/mol. The summed E-state index contributed by atoms with van der Waals surface area (Å²) in [4.78, 5) is 0.166. The summed E-state index contributed by atoms with van der Waals surface area (Å²) in [5.74, 6) is 0.348. The summed E-state index contributed by atoms with van der Waals surface area (Å²) in [6, 6.07) is 6.63. The minimum Gasteiger partial charge on any atom is -0.495 e. The second kappa shape index (κ2) is 8.84. The number of rotatable bonds is 7. The van der Waals surface area contributed by atoms with Crippen molar-refractivity contribution in [1.82, 2.24) is 10.0 Å². The lowest BCUT2D eigenvalue weighted by Gasteiger charge is -2.37. The second-order valence-corrected chi connectivity index (χ2v) is 7.39. The third-order valence-corrected chi connectivity index (χ3v) is 5.55. The number of halogens is 1. The molecule has 1 heterocycles. The van der Waals surface area contributed by atoms with Crippen LogP contribution in [0.15, 0.2) is 29.2 Å². The largest absolute Gasteiger partial charge is 0.495 e. The van der Waals surface area contributed by atoms with Crippen LogP contribution in [0.3, 0.4) is 0 Å². The lowest BCUT2D eigenvalue weighted by atomic mass is 9.80. The number of hydrogen-bond acceptors (Lipinski definition) is 5. The molecule has 2 rings (SSSR count). The fourth-order valence-electron chi connectivity index (χ4n) is 2.80. The number of ether oxygens (including phenoxy) is 2. The highest BCUT2D eigenvalue weighted by Gasteiger charge is 2.34. The Bertz CT molecular complexity index is 583. The fraction of sp³-hybridized carbons (Fsp3) is 0.600. The van der Waals surface area contributed by atoms with Crippen LogP contribution in [-0.4, -0.2) is 48.9 Å². The molecule has 1 aliphatic rings. The Labute approximate surface area is 144 Å². The summed E-state index contributed by atoms with van der Waals surface area (Å²) in [6.45, 7) is 2.66. The number of benzene rings is 1. The van der Waals surface area contributed by atoms with Crippen LogP contribution in [-0.2, 0) is 14.8 Å². The molecule has 0 amide bonds. The topological polar surface area (TPSA) is 76.7 Å². The number of sulfonamides is 1. The van der Waals surface area contributed by atoms with E-state index in [2.05, 4.69) is 10.0 Å². The second-order valence-electron chi connectivity index (χ2n) is 5.66. The number of methoxy groups -OCH3 is 2. The van der Waals surface area contributed by atoms with E-state index >= 15 is 0 Å². The quantitative estimate of drug-likeness (QED) is 0.765. The monoisotopic (exact) mass is 364 g/mol. The zero-order chi connectivity index (χ0) is 16.1. The summed E-state index contributed by atoms with van der Waals surface area (Å²) >= 11 is 0. The summed E-state index contributed by atoms with van der Waals surface area (Å²) in [5, 5.41) is 3.29. The highest BCUT2D eigenvalue weighted by atomic mass is 35.5. The van der Waals surface area contributed by atoms with Crippen LogP contribution in [0.5, 0.6) is 5.75 Å². The van der Waals surface area contributed by atoms with Gasteiger partial charge in [0.15, 0.2) is 0 Å². The lowest BCUT2D eigenvalue weighted by Crippen LogP contribution is -2.47. The predicted octanol–water partition coefficient (Wildman–Crippen LogP) is 1.41. The Balaban J connectivity index is 0.00000264. The molecule has 0 spiro atoms. The van der Waals surface area contributed by atoms with Gasteiger partial charge in [0, 0.05) is 19.1 Å². The minimum absolute atomic E-state index is 0. The van der Waals surface area contributed by atoms with E-state index < -0.39 is 10.0 Å². The first-order valence-electron chi connectivity index (χ1n) is 7.35. The minimum atomic E-state index is -3.61. The van der Waals surface area contributed by atoms with Crippen molar-refractivity contribution in [3.63, 3.8) is 0 Å². The molecule has 23 heavy (non-hydrogen) atoms. The third-order valence-electron chi connectivity index (χ3n) is 4.11. The van der Waals surface area contributed by atoms with Crippen LogP contribution < -0.4 is 14.8 Å². The third kappa shape index (κ3) is 5.06. The highest BCUT2D eigenvalue weighted by molar-refractivity contribution is 7.89. The first kappa shape index (κ1) is 20.2. The van der Waals surface area contributed by atoms with E-state index in [1.807, 2.05) is 0 Å². The SMILES string of the molecule is COCC1(CNS(=O)(=O)c2ccccc2OC)CCNCC1.Cl. The molecular formula is C15H25ClN2O4S. The van der Waals surface area contributed by atoms with Gasteiger partial charge in [-0.05, 0) is 38.1 Å². The van der Waals surface area contributed by atoms with Crippen molar-refractivity contribution in [2.75, 3.05) is 40.5 Å². The number of nitrogens with one attached hydrogen (secondary N) is 2. The van der Waals surface area contributed by atoms with Gasteiger partial charge in [-0.2, -0.15) is 0 Å². The Kier molecular flexibility index (Phi) is 7.76. The molecule has 0 unspecified atom stereocenters. The van der Waals surface area contributed by atoms with Gasteiger partial charge in [-0.3, -0.25) is 0 Å². The zero-order valence-electron chi connectivity index (χ0n) is 13.5. The molecule has 1 aliphatic heterocycles. The molecule has 1 fully saturated rings. The van der Waals surface area contributed by atoms with Gasteiger partial charge >= 0.3 is 0 Å². The highest BCUT2D eigenvalue weighted by Crippen LogP contribution is 2.29. The summed E-state index contributed by atoms with van der Waals surface area (Å²) in [5.41, 5.74) is -0.158. The Morgan fingerprint density at radius 2 is 1.87 bits per heavy atom. The molecule has 2 N–H and O–H groups in total. The van der Waals surface area contributed by atoms with Crippen LogP contribution in [0.4, 0.5) is 0 Å². The smallest absolute Gasteiger partial charge is 0.244 e. The van der Waals surface area contributed by atoms with E-state index in [-0.39, 0.29) is 22.7 Å². The fourth-order valence-corrected chi connectivity index (χ4v) is 4.13. The van der Waals surface area contributed by atoms with Crippen molar-refractivity contribution >= 4 is 22.4 Å². The standard InChI is InChI=1S/C15H24N2O4S.ClH/c1-20-12-15(7-9-16-10-8-15)11-17-22(18,19)14-6-4-3-5-13(14)21-2;/h3-6,16-17H,7-12H2,1-2H3;1H. The number of para-hydroxylation sites is 1. The van der Waals surface area contributed by atoms with Crippen LogP contribution in [0.1, 0.15) is 12.8 Å². The molecule has 0 aromatic heterocycles. The van der Waals surface area contributed by atoms with Gasteiger partial charge in [-0.25, -0.2) is 13.1 Å². The van der Waals surface area contributed by atoms with Gasteiger partial charge in [-0.15, -0.1) is 12.4 Å². The van der Waals surface area contributed by atoms with E-state index in [1.165, 1.54) is 7.11 Å². The molecule has 0 bridgehead atoms. The lowest BCUT2D eigenvalue weighted by molar-refractivity contribution is 0.0577. The Hall–Kier alpha value is -0.860. The number of hydrogen-bond donors (Lipinski definition) is 2. The molecule has 0 atom stereocenters. The molecule has 1 aromatic carbocycles. The van der Waals surface area contributed by atoms with Crippen molar-refractivity contribution in [2.24, 2.45) is 5.41 Å². The summed E-state index contributed by atoms with van der Waals surface area (Å²) in [7, 11) is -0.493. The van der Waals surface area contributed by atoms with Gasteiger partial charge in [0.05, 0.1) is 13.7 Å². The average molecular weight is 365 g/mol. The van der Waals surface area contributed by atoms with E-state index in [9.17, 15) is 8.42 Å². The molecule has 8 heteroatoms. The van der Waals surface area contributed by atoms with E-state index in [0.29, 0.717) is 18.9 Å². The summed E-state index contributed by atoms with van der Waals surface area (Å²) < 4.78 is 38.3. The molecule has 1 aromatic rings. The Morgan fingerprint density at radius 3 is 2.48 bits per heavy atom. The van der Waals surface area contributed by atoms with Gasteiger partial charge in [0.2, 0.25) is 10.0 Å². The molecule has 132 valence electrons.